The van der Waals surface area contributed by atoms with Gasteiger partial charge in [0.25, 0.3) is 0 Å². The van der Waals surface area contributed by atoms with Gasteiger partial charge in [-0.25, -0.2) is 0 Å². The molecule has 0 aromatic heterocycles. The van der Waals surface area contributed by atoms with Crippen molar-refractivity contribution in [1.29, 1.82) is 0 Å². The van der Waals surface area contributed by atoms with Gasteiger partial charge < -0.3 is 16.2 Å². The lowest BCUT2D eigenvalue weighted by Crippen LogP contribution is -2.02. The van der Waals surface area contributed by atoms with E-state index in [4.69, 9.17) is 16.2 Å². The van der Waals surface area contributed by atoms with Crippen LogP contribution < -0.4 is 16.2 Å². The molecule has 0 heterocycles. The van der Waals surface area contributed by atoms with E-state index in [0.717, 1.165) is 24.2 Å². The summed E-state index contributed by atoms with van der Waals surface area (Å²) in [6.45, 7) is 1.24. The molecule has 0 aliphatic carbocycles. The Morgan fingerprint density at radius 2 is 1.74 bits per heavy atom. The van der Waals surface area contributed by atoms with Crippen LogP contribution >= 0.6 is 0 Å². The first-order chi connectivity index (χ1) is 9.29. The van der Waals surface area contributed by atoms with Gasteiger partial charge in [-0.1, -0.05) is 36.4 Å². The Morgan fingerprint density at radius 3 is 2.42 bits per heavy atom. The molecule has 0 spiro atoms. The maximum atomic E-state index is 6.00. The molecule has 3 heteroatoms. The molecule has 0 radical (unpaired) electrons. The summed E-state index contributed by atoms with van der Waals surface area (Å²) in [4.78, 5) is 0. The van der Waals surface area contributed by atoms with Crippen molar-refractivity contribution in [2.24, 2.45) is 5.73 Å². The van der Waals surface area contributed by atoms with E-state index in [1.807, 2.05) is 48.5 Å². The van der Waals surface area contributed by atoms with E-state index in [1.165, 1.54) is 5.56 Å². The summed E-state index contributed by atoms with van der Waals surface area (Å²) < 4.78 is 5.73. The molecule has 3 nitrogen and oxygen atoms in total. The SMILES string of the molecule is NCCCc1ccc(OCc2ccccc2)c(N)c1. The molecule has 0 saturated carbocycles. The van der Waals surface area contributed by atoms with Crippen molar-refractivity contribution < 1.29 is 4.74 Å². The van der Waals surface area contributed by atoms with Crippen LogP contribution in [0.25, 0.3) is 0 Å². The van der Waals surface area contributed by atoms with Gasteiger partial charge in [0.2, 0.25) is 0 Å². The third-order valence-electron chi connectivity index (χ3n) is 2.98. The third-order valence-corrected chi connectivity index (χ3v) is 2.98. The Kier molecular flexibility index (Phi) is 4.81. The lowest BCUT2D eigenvalue weighted by atomic mass is 10.1. The van der Waals surface area contributed by atoms with E-state index in [9.17, 15) is 0 Å². The molecule has 2 rings (SSSR count). The van der Waals surface area contributed by atoms with Crippen molar-refractivity contribution in [3.05, 3.63) is 59.7 Å². The third kappa shape index (κ3) is 4.00. The van der Waals surface area contributed by atoms with E-state index in [0.29, 0.717) is 18.8 Å². The van der Waals surface area contributed by atoms with Gasteiger partial charge in [-0.2, -0.15) is 0 Å². The fourth-order valence-electron chi connectivity index (χ4n) is 1.93. The molecule has 2 aromatic carbocycles. The lowest BCUT2D eigenvalue weighted by Gasteiger charge is -2.10. The molecule has 19 heavy (non-hydrogen) atoms. The van der Waals surface area contributed by atoms with Crippen LogP contribution in [0.1, 0.15) is 17.5 Å². The maximum absolute atomic E-state index is 6.00. The number of rotatable bonds is 6. The molecule has 0 saturated heterocycles. The van der Waals surface area contributed by atoms with Crippen molar-refractivity contribution in [2.45, 2.75) is 19.4 Å². The number of hydrogen-bond acceptors (Lipinski definition) is 3. The number of ether oxygens (including phenoxy) is 1. The van der Waals surface area contributed by atoms with E-state index >= 15 is 0 Å². The monoisotopic (exact) mass is 256 g/mol. The van der Waals surface area contributed by atoms with Gasteiger partial charge in [0, 0.05) is 0 Å². The van der Waals surface area contributed by atoms with Crippen molar-refractivity contribution in [3.8, 4) is 5.75 Å². The van der Waals surface area contributed by atoms with Crippen LogP contribution in [-0.2, 0) is 13.0 Å². The van der Waals surface area contributed by atoms with Crippen LogP contribution in [-0.4, -0.2) is 6.54 Å². The number of nitrogen functional groups attached to an aromatic ring is 1. The standard InChI is InChI=1S/C16H20N2O/c17-10-4-7-13-8-9-16(15(18)11-13)19-12-14-5-2-1-3-6-14/h1-3,5-6,8-9,11H,4,7,10,12,17-18H2. The molecule has 0 atom stereocenters. The summed E-state index contributed by atoms with van der Waals surface area (Å²) >= 11 is 0. The summed E-state index contributed by atoms with van der Waals surface area (Å²) in [5.41, 5.74) is 14.5. The zero-order chi connectivity index (χ0) is 13.5. The fraction of sp³-hybridized carbons (Fsp3) is 0.250. The Hall–Kier alpha value is -2.00. The van der Waals surface area contributed by atoms with Gasteiger partial charge in [-0.15, -0.1) is 0 Å². The highest BCUT2D eigenvalue weighted by Crippen LogP contribution is 2.24. The molecule has 100 valence electrons. The molecule has 0 unspecified atom stereocenters. The fourth-order valence-corrected chi connectivity index (χ4v) is 1.93. The molecule has 0 fully saturated rings. The molecular formula is C16H20N2O. The van der Waals surface area contributed by atoms with E-state index in [2.05, 4.69) is 0 Å². The minimum atomic E-state index is 0.535. The highest BCUT2D eigenvalue weighted by molar-refractivity contribution is 5.54. The summed E-state index contributed by atoms with van der Waals surface area (Å²) in [6, 6.07) is 16.0. The number of anilines is 1. The minimum Gasteiger partial charge on any atom is -0.487 e. The van der Waals surface area contributed by atoms with Gasteiger partial charge in [0.1, 0.15) is 12.4 Å². The summed E-state index contributed by atoms with van der Waals surface area (Å²) in [5.74, 6) is 0.736. The van der Waals surface area contributed by atoms with Gasteiger partial charge in [-0.3, -0.25) is 0 Å². The quantitative estimate of drug-likeness (QED) is 0.781. The Balaban J connectivity index is 1.97. The van der Waals surface area contributed by atoms with Gasteiger partial charge in [0.15, 0.2) is 0 Å². The van der Waals surface area contributed by atoms with Crippen LogP contribution in [0.15, 0.2) is 48.5 Å². The van der Waals surface area contributed by atoms with E-state index < -0.39 is 0 Å². The van der Waals surface area contributed by atoms with E-state index in [1.54, 1.807) is 0 Å². The average molecular weight is 256 g/mol. The van der Waals surface area contributed by atoms with Crippen LogP contribution in [0.4, 0.5) is 5.69 Å². The summed E-state index contributed by atoms with van der Waals surface area (Å²) in [5, 5.41) is 0. The van der Waals surface area contributed by atoms with Gasteiger partial charge in [0.05, 0.1) is 5.69 Å². The predicted octanol–water partition coefficient (Wildman–Crippen LogP) is 2.74. The first-order valence-electron chi connectivity index (χ1n) is 6.55. The number of nitrogens with two attached hydrogens (primary N) is 2. The van der Waals surface area contributed by atoms with Gasteiger partial charge >= 0.3 is 0 Å². The number of hydrogen-bond donors (Lipinski definition) is 2. The Morgan fingerprint density at radius 1 is 0.947 bits per heavy atom. The highest BCUT2D eigenvalue weighted by atomic mass is 16.5. The zero-order valence-electron chi connectivity index (χ0n) is 11.0. The molecular weight excluding hydrogens is 236 g/mol. The lowest BCUT2D eigenvalue weighted by molar-refractivity contribution is 0.308. The average Bonchev–Trinajstić information content (AvgIpc) is 2.45. The van der Waals surface area contributed by atoms with Crippen molar-refractivity contribution >= 4 is 5.69 Å². The van der Waals surface area contributed by atoms with Crippen LogP contribution in [0.3, 0.4) is 0 Å². The molecule has 4 N–H and O–H groups in total. The first kappa shape index (κ1) is 13.4. The van der Waals surface area contributed by atoms with Gasteiger partial charge in [-0.05, 0) is 42.6 Å². The van der Waals surface area contributed by atoms with Crippen molar-refractivity contribution in [1.82, 2.24) is 0 Å². The largest absolute Gasteiger partial charge is 0.487 e. The smallest absolute Gasteiger partial charge is 0.142 e. The van der Waals surface area contributed by atoms with Crippen LogP contribution in [0.5, 0.6) is 5.75 Å². The number of benzene rings is 2. The highest BCUT2D eigenvalue weighted by Gasteiger charge is 2.02. The normalized spacial score (nSPS) is 10.4. The maximum Gasteiger partial charge on any atom is 0.142 e. The second kappa shape index (κ2) is 6.81. The second-order valence-corrected chi connectivity index (χ2v) is 4.54. The Bertz CT molecular complexity index is 511. The predicted molar refractivity (Wildman–Crippen MR) is 79.0 cm³/mol. The number of aryl methyl sites for hydroxylation is 1. The zero-order valence-corrected chi connectivity index (χ0v) is 11.0. The molecule has 2 aromatic rings. The van der Waals surface area contributed by atoms with Crippen LogP contribution in [0.2, 0.25) is 0 Å². The van der Waals surface area contributed by atoms with Crippen molar-refractivity contribution in [2.75, 3.05) is 12.3 Å². The summed E-state index contributed by atoms with van der Waals surface area (Å²) in [7, 11) is 0. The molecule has 0 amide bonds. The van der Waals surface area contributed by atoms with Crippen LogP contribution in [0, 0.1) is 0 Å². The Labute approximate surface area is 114 Å². The molecule has 0 bridgehead atoms. The molecule has 0 aliphatic heterocycles. The van der Waals surface area contributed by atoms with Crippen molar-refractivity contribution in [3.63, 3.8) is 0 Å². The minimum absolute atomic E-state index is 0.535. The van der Waals surface area contributed by atoms with E-state index in [-0.39, 0.29) is 0 Å². The summed E-state index contributed by atoms with van der Waals surface area (Å²) in [6.07, 6.45) is 1.93. The second-order valence-electron chi connectivity index (χ2n) is 4.54. The molecule has 0 aliphatic rings. The topological polar surface area (TPSA) is 61.3 Å². The first-order valence-corrected chi connectivity index (χ1v) is 6.55.